The van der Waals surface area contributed by atoms with Gasteiger partial charge in [-0.25, -0.2) is 29.9 Å². The van der Waals surface area contributed by atoms with Crippen molar-refractivity contribution in [1.29, 1.82) is 0 Å². The van der Waals surface area contributed by atoms with Gasteiger partial charge in [0.2, 0.25) is 0 Å². The highest BCUT2D eigenvalue weighted by atomic mass is 15.2. The molecule has 0 radical (unpaired) electrons. The third kappa shape index (κ3) is 5.27. The molecule has 3 aliphatic heterocycles. The minimum atomic E-state index is 0.624. The lowest BCUT2D eigenvalue weighted by molar-refractivity contribution is 0.238. The topological polar surface area (TPSA) is 83.8 Å². The summed E-state index contributed by atoms with van der Waals surface area (Å²) < 4.78 is 0. The van der Waals surface area contributed by atoms with Crippen molar-refractivity contribution in [2.45, 2.75) is 39.3 Å². The molecule has 6 aromatic heterocycles. The van der Waals surface area contributed by atoms with Crippen molar-refractivity contribution in [3.05, 3.63) is 143 Å². The Balaban J connectivity index is 1.29. The second kappa shape index (κ2) is 11.2. The number of rotatable bonds is 0. The number of nitrogens with zero attached hydrogens (tertiary/aromatic N) is 8. The summed E-state index contributed by atoms with van der Waals surface area (Å²) in [7, 11) is 0. The summed E-state index contributed by atoms with van der Waals surface area (Å²) in [5.41, 5.74) is 11.1. The van der Waals surface area contributed by atoms with Crippen LogP contribution in [0.3, 0.4) is 0 Å². The van der Waals surface area contributed by atoms with Crippen molar-refractivity contribution >= 4 is 21.8 Å². The SMILES string of the molecule is c1cc2nc(c1)-c1cccc(n1)CN1Cc3cccc(n3)-c3cccc(n3)CN(C2)Cc2ccc3ccc4ccc(nc4c3n2)C1. The van der Waals surface area contributed by atoms with Crippen LogP contribution in [0.5, 0.6) is 0 Å². The van der Waals surface area contributed by atoms with Crippen LogP contribution >= 0.6 is 0 Å². The van der Waals surface area contributed by atoms with Crippen LogP contribution in [0.1, 0.15) is 34.2 Å². The molecule has 9 heterocycles. The average molecular weight is 599 g/mol. The average Bonchev–Trinajstić information content (AvgIpc) is 3.08. The molecule has 0 unspecified atom stereocenters. The Morgan fingerprint density at radius 1 is 0.304 bits per heavy atom. The molecule has 222 valence electrons. The van der Waals surface area contributed by atoms with Gasteiger partial charge in [-0.15, -0.1) is 0 Å². The highest BCUT2D eigenvalue weighted by Crippen LogP contribution is 2.26. The van der Waals surface area contributed by atoms with Crippen molar-refractivity contribution in [2.24, 2.45) is 0 Å². The molecule has 0 aliphatic carbocycles. The molecule has 46 heavy (non-hydrogen) atoms. The van der Waals surface area contributed by atoms with Crippen LogP contribution in [0, 0.1) is 0 Å². The van der Waals surface area contributed by atoms with Gasteiger partial charge in [0, 0.05) is 50.0 Å². The molecule has 8 nitrogen and oxygen atoms in total. The molecule has 8 heteroatoms. The number of benzene rings is 1. The van der Waals surface area contributed by atoms with Gasteiger partial charge in [0.05, 0.1) is 68.0 Å². The summed E-state index contributed by atoms with van der Waals surface area (Å²) in [5, 5.41) is 2.16. The predicted octanol–water partition coefficient (Wildman–Crippen LogP) is 6.73. The van der Waals surface area contributed by atoms with Gasteiger partial charge < -0.3 is 0 Å². The summed E-state index contributed by atoms with van der Waals surface area (Å²) >= 11 is 0. The van der Waals surface area contributed by atoms with Crippen molar-refractivity contribution in [3.8, 4) is 22.8 Å². The second-order valence-electron chi connectivity index (χ2n) is 12.2. The maximum Gasteiger partial charge on any atom is 0.0968 e. The van der Waals surface area contributed by atoms with Crippen molar-refractivity contribution in [1.82, 2.24) is 39.7 Å². The third-order valence-electron chi connectivity index (χ3n) is 8.70. The van der Waals surface area contributed by atoms with E-state index in [0.29, 0.717) is 39.3 Å². The monoisotopic (exact) mass is 598 g/mol. The van der Waals surface area contributed by atoms with Crippen LogP contribution in [0.4, 0.5) is 0 Å². The zero-order chi connectivity index (χ0) is 30.5. The predicted molar refractivity (Wildman–Crippen MR) is 178 cm³/mol. The number of pyridine rings is 6. The van der Waals surface area contributed by atoms with E-state index in [0.717, 1.165) is 78.7 Å². The first-order chi connectivity index (χ1) is 22.7. The molecular formula is C38H30N8. The van der Waals surface area contributed by atoms with E-state index in [4.69, 9.17) is 29.9 Å². The van der Waals surface area contributed by atoms with E-state index >= 15 is 0 Å². The highest BCUT2D eigenvalue weighted by molar-refractivity contribution is 6.02. The molecule has 0 N–H and O–H groups in total. The molecule has 0 saturated carbocycles. The van der Waals surface area contributed by atoms with Crippen LogP contribution in [-0.4, -0.2) is 39.7 Å². The fourth-order valence-electron chi connectivity index (χ4n) is 6.58. The van der Waals surface area contributed by atoms with Crippen molar-refractivity contribution in [3.63, 3.8) is 0 Å². The quantitative estimate of drug-likeness (QED) is 0.178. The van der Waals surface area contributed by atoms with Gasteiger partial charge in [-0.1, -0.05) is 48.5 Å². The van der Waals surface area contributed by atoms with E-state index in [9.17, 15) is 0 Å². The maximum absolute atomic E-state index is 5.24. The molecule has 0 saturated heterocycles. The zero-order valence-corrected chi connectivity index (χ0v) is 25.2. The van der Waals surface area contributed by atoms with E-state index in [-0.39, 0.29) is 0 Å². The fourth-order valence-corrected chi connectivity index (χ4v) is 6.58. The summed E-state index contributed by atoms with van der Waals surface area (Å²) in [6, 6.07) is 37.7. The first kappa shape index (κ1) is 26.9. The van der Waals surface area contributed by atoms with Crippen LogP contribution in [-0.2, 0) is 39.3 Å². The van der Waals surface area contributed by atoms with Crippen LogP contribution in [0.15, 0.2) is 109 Å². The lowest BCUT2D eigenvalue weighted by Gasteiger charge is -2.24. The molecule has 0 spiro atoms. The minimum Gasteiger partial charge on any atom is -0.286 e. The van der Waals surface area contributed by atoms with E-state index in [1.807, 2.05) is 24.3 Å². The van der Waals surface area contributed by atoms with Crippen molar-refractivity contribution in [2.75, 3.05) is 0 Å². The molecule has 7 aromatic rings. The van der Waals surface area contributed by atoms with Crippen molar-refractivity contribution < 1.29 is 0 Å². The van der Waals surface area contributed by atoms with Gasteiger partial charge in [0.15, 0.2) is 0 Å². The first-order valence-electron chi connectivity index (χ1n) is 15.7. The van der Waals surface area contributed by atoms with Gasteiger partial charge >= 0.3 is 0 Å². The lowest BCUT2D eigenvalue weighted by atomic mass is 10.1. The van der Waals surface area contributed by atoms with E-state index in [1.54, 1.807) is 0 Å². The number of aromatic nitrogens is 6. The Morgan fingerprint density at radius 2 is 0.587 bits per heavy atom. The Bertz CT molecular complexity index is 2010. The highest BCUT2D eigenvalue weighted by Gasteiger charge is 2.18. The summed E-state index contributed by atoms with van der Waals surface area (Å²) in [6.07, 6.45) is 0. The smallest absolute Gasteiger partial charge is 0.0968 e. The van der Waals surface area contributed by atoms with Crippen LogP contribution in [0.2, 0.25) is 0 Å². The zero-order valence-electron chi connectivity index (χ0n) is 25.2. The molecule has 14 bridgehead atoms. The summed E-state index contributed by atoms with van der Waals surface area (Å²) in [5.74, 6) is 0. The second-order valence-corrected chi connectivity index (χ2v) is 12.2. The standard InChI is InChI=1S/C38H30N8/c1-5-27-19-45-20-29-7-3-11-35(41-29)36-12-4-8-30(42-36)22-46(21-28-6-2-10-34(40-28)33(9-1)39-27)24-32-18-16-26-14-13-25-15-17-31(23-45)43-37(25)38(26)44-32/h1-18H,19-24H2. The third-order valence-corrected chi connectivity index (χ3v) is 8.70. The Labute approximate surface area is 266 Å². The fraction of sp³-hybridized carbons (Fsp3) is 0.158. The van der Waals surface area contributed by atoms with Gasteiger partial charge in [0.25, 0.3) is 0 Å². The van der Waals surface area contributed by atoms with Gasteiger partial charge in [-0.2, -0.15) is 0 Å². The first-order valence-corrected chi connectivity index (χ1v) is 15.7. The normalized spacial score (nSPS) is 17.5. The Morgan fingerprint density at radius 3 is 0.913 bits per heavy atom. The molecule has 0 fully saturated rings. The number of hydrogen-bond donors (Lipinski definition) is 0. The Kier molecular flexibility index (Phi) is 6.54. The molecule has 0 atom stereocenters. The molecule has 1 aromatic carbocycles. The summed E-state index contributed by atoms with van der Waals surface area (Å²) in [6.45, 7) is 3.74. The minimum absolute atomic E-state index is 0.624. The molecule has 3 aliphatic rings. The Hall–Kier alpha value is -5.44. The van der Waals surface area contributed by atoms with E-state index in [2.05, 4.69) is 94.7 Å². The van der Waals surface area contributed by atoms with Crippen LogP contribution in [0.25, 0.3) is 44.6 Å². The molecule has 0 amide bonds. The van der Waals surface area contributed by atoms with E-state index in [1.165, 1.54) is 0 Å². The van der Waals surface area contributed by atoms with Gasteiger partial charge in [0.1, 0.15) is 0 Å². The number of hydrogen-bond acceptors (Lipinski definition) is 8. The maximum atomic E-state index is 5.24. The van der Waals surface area contributed by atoms with Gasteiger partial charge in [-0.05, 0) is 60.7 Å². The largest absolute Gasteiger partial charge is 0.286 e. The van der Waals surface area contributed by atoms with E-state index < -0.39 is 0 Å². The lowest BCUT2D eigenvalue weighted by Crippen LogP contribution is -2.25. The van der Waals surface area contributed by atoms with Crippen LogP contribution < -0.4 is 0 Å². The van der Waals surface area contributed by atoms with Gasteiger partial charge in [-0.3, -0.25) is 9.80 Å². The summed E-state index contributed by atoms with van der Waals surface area (Å²) in [4.78, 5) is 35.6. The molecule has 10 rings (SSSR count). The molecular weight excluding hydrogens is 568 g/mol.